The van der Waals surface area contributed by atoms with Gasteiger partial charge in [0, 0.05) is 34.4 Å². The molecule has 0 amide bonds. The average Bonchev–Trinajstić information content (AvgIpc) is 2.79. The Morgan fingerprint density at radius 3 is 2.63 bits per heavy atom. The van der Waals surface area contributed by atoms with Gasteiger partial charge in [-0.3, -0.25) is 0 Å². The van der Waals surface area contributed by atoms with E-state index in [0.717, 1.165) is 12.1 Å². The minimum absolute atomic E-state index is 0.104. The van der Waals surface area contributed by atoms with Gasteiger partial charge in [0.1, 0.15) is 0 Å². The van der Waals surface area contributed by atoms with Crippen LogP contribution in [0.2, 0.25) is 0 Å². The molecule has 0 aliphatic carbocycles. The van der Waals surface area contributed by atoms with Crippen molar-refractivity contribution in [2.45, 2.75) is 19.5 Å². The summed E-state index contributed by atoms with van der Waals surface area (Å²) in [5, 5.41) is 2.56. The summed E-state index contributed by atoms with van der Waals surface area (Å²) in [6.45, 7) is 6.92. The van der Waals surface area contributed by atoms with Gasteiger partial charge in [0.15, 0.2) is 0 Å². The zero-order valence-corrected chi connectivity index (χ0v) is 11.1. The maximum atomic E-state index is 6.04. The third-order valence-corrected chi connectivity index (χ3v) is 3.75. The standard InChI is InChI=1S/C17H18N2/c1-3-15(18)12-9-10-17-14(11-12)13-7-5-6-8-16(13)19(17)4-2/h3,5-11,15H,1,4,18H2,2H3/t15-/m1/s1. The summed E-state index contributed by atoms with van der Waals surface area (Å²) in [5.41, 5.74) is 9.71. The first-order chi connectivity index (χ1) is 9.26. The fourth-order valence-electron chi connectivity index (χ4n) is 2.76. The van der Waals surface area contributed by atoms with Gasteiger partial charge < -0.3 is 10.3 Å². The van der Waals surface area contributed by atoms with Crippen LogP contribution in [0.3, 0.4) is 0 Å². The van der Waals surface area contributed by atoms with Crippen molar-refractivity contribution in [1.29, 1.82) is 0 Å². The maximum absolute atomic E-state index is 6.04. The Morgan fingerprint density at radius 2 is 1.89 bits per heavy atom. The van der Waals surface area contributed by atoms with E-state index in [0.29, 0.717) is 0 Å². The molecule has 19 heavy (non-hydrogen) atoms. The second-order valence-electron chi connectivity index (χ2n) is 4.80. The molecule has 0 unspecified atom stereocenters. The lowest BCUT2D eigenvalue weighted by Crippen LogP contribution is -2.06. The SMILES string of the molecule is C=C[C@@H](N)c1ccc2c(c1)c1ccccc1n2CC. The molecule has 3 aromatic rings. The van der Waals surface area contributed by atoms with E-state index in [9.17, 15) is 0 Å². The number of para-hydroxylation sites is 1. The fraction of sp³-hybridized carbons (Fsp3) is 0.176. The van der Waals surface area contributed by atoms with E-state index >= 15 is 0 Å². The minimum atomic E-state index is -0.104. The molecule has 0 spiro atoms. The van der Waals surface area contributed by atoms with Crippen molar-refractivity contribution in [3.05, 3.63) is 60.7 Å². The number of nitrogens with two attached hydrogens (primary N) is 1. The molecule has 2 heteroatoms. The summed E-state index contributed by atoms with van der Waals surface area (Å²) in [5.74, 6) is 0. The van der Waals surface area contributed by atoms with Crippen LogP contribution < -0.4 is 5.73 Å². The Bertz CT molecular complexity index is 752. The molecule has 0 bridgehead atoms. The van der Waals surface area contributed by atoms with Crippen LogP contribution >= 0.6 is 0 Å². The molecule has 0 aliphatic rings. The molecule has 96 valence electrons. The summed E-state index contributed by atoms with van der Waals surface area (Å²) in [4.78, 5) is 0. The normalized spacial score (nSPS) is 12.9. The smallest absolute Gasteiger partial charge is 0.0491 e. The van der Waals surface area contributed by atoms with Gasteiger partial charge in [-0.15, -0.1) is 6.58 Å². The van der Waals surface area contributed by atoms with E-state index in [1.54, 1.807) is 6.08 Å². The highest BCUT2D eigenvalue weighted by Gasteiger charge is 2.10. The van der Waals surface area contributed by atoms with Gasteiger partial charge in [-0.1, -0.05) is 30.3 Å². The lowest BCUT2D eigenvalue weighted by Gasteiger charge is -2.07. The zero-order chi connectivity index (χ0) is 13.4. The van der Waals surface area contributed by atoms with Crippen LogP contribution in [0.5, 0.6) is 0 Å². The zero-order valence-electron chi connectivity index (χ0n) is 11.1. The number of rotatable bonds is 3. The highest BCUT2D eigenvalue weighted by Crippen LogP contribution is 2.30. The number of hydrogen-bond donors (Lipinski definition) is 1. The third-order valence-electron chi connectivity index (χ3n) is 3.75. The molecule has 3 rings (SSSR count). The molecular weight excluding hydrogens is 232 g/mol. The van der Waals surface area contributed by atoms with E-state index in [1.165, 1.54) is 21.8 Å². The topological polar surface area (TPSA) is 30.9 Å². The highest BCUT2D eigenvalue weighted by atomic mass is 15.0. The second-order valence-corrected chi connectivity index (χ2v) is 4.80. The molecule has 0 saturated heterocycles. The monoisotopic (exact) mass is 250 g/mol. The van der Waals surface area contributed by atoms with Crippen LogP contribution in [-0.4, -0.2) is 4.57 Å². The van der Waals surface area contributed by atoms with Gasteiger partial charge in [-0.2, -0.15) is 0 Å². The fourth-order valence-corrected chi connectivity index (χ4v) is 2.76. The summed E-state index contributed by atoms with van der Waals surface area (Å²) in [6, 6.07) is 14.9. The van der Waals surface area contributed by atoms with E-state index in [2.05, 4.69) is 60.5 Å². The summed E-state index contributed by atoms with van der Waals surface area (Å²) < 4.78 is 2.34. The van der Waals surface area contributed by atoms with Crippen molar-refractivity contribution in [1.82, 2.24) is 4.57 Å². The van der Waals surface area contributed by atoms with Gasteiger partial charge in [-0.25, -0.2) is 0 Å². The highest BCUT2D eigenvalue weighted by molar-refractivity contribution is 6.08. The molecule has 0 radical (unpaired) electrons. The van der Waals surface area contributed by atoms with Gasteiger partial charge >= 0.3 is 0 Å². The van der Waals surface area contributed by atoms with E-state index < -0.39 is 0 Å². The van der Waals surface area contributed by atoms with Crippen LogP contribution in [0.25, 0.3) is 21.8 Å². The number of nitrogens with zero attached hydrogens (tertiary/aromatic N) is 1. The summed E-state index contributed by atoms with van der Waals surface area (Å²) >= 11 is 0. The van der Waals surface area contributed by atoms with Crippen LogP contribution in [-0.2, 0) is 6.54 Å². The van der Waals surface area contributed by atoms with Crippen molar-refractivity contribution in [2.24, 2.45) is 5.73 Å². The molecule has 2 nitrogen and oxygen atoms in total. The molecule has 1 aromatic heterocycles. The van der Waals surface area contributed by atoms with Gasteiger partial charge in [0.25, 0.3) is 0 Å². The third kappa shape index (κ3) is 1.76. The number of benzene rings is 2. The Hall–Kier alpha value is -2.06. The van der Waals surface area contributed by atoms with E-state index in [1.807, 2.05) is 0 Å². The number of fused-ring (bicyclic) bond motifs is 3. The summed E-state index contributed by atoms with van der Waals surface area (Å²) in [6.07, 6.45) is 1.78. The van der Waals surface area contributed by atoms with Gasteiger partial charge in [-0.05, 0) is 30.7 Å². The van der Waals surface area contributed by atoms with E-state index in [4.69, 9.17) is 5.73 Å². The molecular formula is C17H18N2. The Morgan fingerprint density at radius 1 is 1.16 bits per heavy atom. The van der Waals surface area contributed by atoms with Crippen molar-refractivity contribution >= 4 is 21.8 Å². The van der Waals surface area contributed by atoms with Gasteiger partial charge in [0.05, 0.1) is 0 Å². The minimum Gasteiger partial charge on any atom is -0.341 e. The number of hydrogen-bond acceptors (Lipinski definition) is 1. The lowest BCUT2D eigenvalue weighted by atomic mass is 10.0. The largest absolute Gasteiger partial charge is 0.341 e. The van der Waals surface area contributed by atoms with Crippen LogP contribution in [0.4, 0.5) is 0 Å². The first-order valence-corrected chi connectivity index (χ1v) is 6.65. The molecule has 0 saturated carbocycles. The molecule has 1 heterocycles. The van der Waals surface area contributed by atoms with Gasteiger partial charge in [0.2, 0.25) is 0 Å². The predicted octanol–water partition coefficient (Wildman–Crippen LogP) is 4.00. The Labute approximate surface area is 113 Å². The van der Waals surface area contributed by atoms with Crippen molar-refractivity contribution in [3.63, 3.8) is 0 Å². The second kappa shape index (κ2) is 4.56. The number of aryl methyl sites for hydroxylation is 1. The molecule has 1 atom stereocenters. The maximum Gasteiger partial charge on any atom is 0.0491 e. The van der Waals surface area contributed by atoms with Crippen LogP contribution in [0.15, 0.2) is 55.1 Å². The van der Waals surface area contributed by atoms with Crippen molar-refractivity contribution in [3.8, 4) is 0 Å². The molecule has 0 fully saturated rings. The first-order valence-electron chi connectivity index (χ1n) is 6.65. The average molecular weight is 250 g/mol. The molecule has 2 aromatic carbocycles. The Kier molecular flexibility index (Phi) is 2.88. The molecule has 2 N–H and O–H groups in total. The van der Waals surface area contributed by atoms with Crippen LogP contribution in [0, 0.1) is 0 Å². The van der Waals surface area contributed by atoms with Crippen molar-refractivity contribution < 1.29 is 0 Å². The molecule has 0 aliphatic heterocycles. The predicted molar refractivity (Wildman–Crippen MR) is 82.2 cm³/mol. The van der Waals surface area contributed by atoms with E-state index in [-0.39, 0.29) is 6.04 Å². The lowest BCUT2D eigenvalue weighted by molar-refractivity contribution is 0.826. The summed E-state index contributed by atoms with van der Waals surface area (Å²) in [7, 11) is 0. The first kappa shape index (κ1) is 12.0. The number of aromatic nitrogens is 1. The quantitative estimate of drug-likeness (QED) is 0.700. The van der Waals surface area contributed by atoms with Crippen LogP contribution in [0.1, 0.15) is 18.5 Å². The van der Waals surface area contributed by atoms with Crippen molar-refractivity contribution in [2.75, 3.05) is 0 Å². The Balaban J connectivity index is 2.39.